The van der Waals surface area contributed by atoms with Crippen molar-refractivity contribution >= 4 is 29.1 Å². The maximum absolute atomic E-state index is 11.4. The molecule has 0 spiro atoms. The van der Waals surface area contributed by atoms with Gasteiger partial charge < -0.3 is 4.74 Å². The predicted octanol–water partition coefficient (Wildman–Crippen LogP) is 4.26. The van der Waals surface area contributed by atoms with Gasteiger partial charge in [-0.1, -0.05) is 23.2 Å². The van der Waals surface area contributed by atoms with E-state index in [0.717, 1.165) is 0 Å². The smallest absolute Gasteiger partial charge is 0.244 e. The Balaban J connectivity index is 2.41. The van der Waals surface area contributed by atoms with E-state index in [-0.39, 0.29) is 5.91 Å². The predicted molar refractivity (Wildman–Crippen MR) is 74.5 cm³/mol. The van der Waals surface area contributed by atoms with Gasteiger partial charge in [0, 0.05) is 17.0 Å². The van der Waals surface area contributed by atoms with Gasteiger partial charge in [0.05, 0.1) is 5.69 Å². The lowest BCUT2D eigenvalue weighted by atomic mass is 10.3. The van der Waals surface area contributed by atoms with Crippen molar-refractivity contribution < 1.29 is 9.53 Å². The van der Waals surface area contributed by atoms with Crippen LogP contribution >= 0.6 is 23.2 Å². The lowest BCUT2D eigenvalue weighted by Gasteiger charge is -2.07. The number of halogens is 2. The highest BCUT2D eigenvalue weighted by molar-refractivity contribution is 6.34. The van der Waals surface area contributed by atoms with Crippen LogP contribution in [0.15, 0.2) is 18.2 Å². The molecule has 0 saturated carbocycles. The molecule has 0 N–H and O–H groups in total. The summed E-state index contributed by atoms with van der Waals surface area (Å²) in [5.41, 5.74) is 1.27. The zero-order valence-electron chi connectivity index (χ0n) is 10.7. The summed E-state index contributed by atoms with van der Waals surface area (Å²) >= 11 is 11.8. The molecular formula is C13H12Cl2N2O2. The summed E-state index contributed by atoms with van der Waals surface area (Å²) in [6.07, 6.45) is 0. The normalized spacial score (nSPS) is 10.6. The van der Waals surface area contributed by atoms with Gasteiger partial charge in [-0.2, -0.15) is 5.10 Å². The summed E-state index contributed by atoms with van der Waals surface area (Å²) in [6, 6.07) is 4.92. The van der Waals surface area contributed by atoms with Crippen LogP contribution in [0.5, 0.6) is 11.5 Å². The molecule has 19 heavy (non-hydrogen) atoms. The lowest BCUT2D eigenvalue weighted by Crippen LogP contribution is -2.09. The van der Waals surface area contributed by atoms with Gasteiger partial charge >= 0.3 is 0 Å². The molecule has 6 heteroatoms. The summed E-state index contributed by atoms with van der Waals surface area (Å²) in [7, 11) is 0. The van der Waals surface area contributed by atoms with E-state index in [0.29, 0.717) is 32.9 Å². The molecule has 0 fully saturated rings. The number of carbonyl (C=O) groups excluding carboxylic acids is 1. The van der Waals surface area contributed by atoms with Crippen molar-refractivity contribution in [2.75, 3.05) is 0 Å². The van der Waals surface area contributed by atoms with Crippen molar-refractivity contribution in [3.8, 4) is 11.5 Å². The minimum Gasteiger partial charge on any atom is -0.453 e. The highest BCUT2D eigenvalue weighted by Crippen LogP contribution is 2.31. The molecule has 0 unspecified atom stereocenters. The number of benzene rings is 1. The Hall–Kier alpha value is -1.52. The molecule has 0 amide bonds. The van der Waals surface area contributed by atoms with Crippen LogP contribution in [0.2, 0.25) is 10.0 Å². The fourth-order valence-corrected chi connectivity index (χ4v) is 2.29. The summed E-state index contributed by atoms with van der Waals surface area (Å²) in [6.45, 7) is 4.98. The van der Waals surface area contributed by atoms with Crippen LogP contribution in [-0.4, -0.2) is 15.7 Å². The first-order chi connectivity index (χ1) is 8.88. The zero-order chi connectivity index (χ0) is 14.2. The molecule has 0 atom stereocenters. The van der Waals surface area contributed by atoms with Crippen molar-refractivity contribution in [1.29, 1.82) is 0 Å². The number of rotatable bonds is 2. The molecule has 100 valence electrons. The van der Waals surface area contributed by atoms with Gasteiger partial charge in [0.1, 0.15) is 11.4 Å². The number of hydrogen-bond acceptors (Lipinski definition) is 3. The topological polar surface area (TPSA) is 44.1 Å². The molecule has 0 aliphatic heterocycles. The van der Waals surface area contributed by atoms with Crippen molar-refractivity contribution in [1.82, 2.24) is 9.78 Å². The maximum atomic E-state index is 11.4. The molecule has 1 aromatic heterocycles. The van der Waals surface area contributed by atoms with Crippen LogP contribution in [0.3, 0.4) is 0 Å². The Morgan fingerprint density at radius 3 is 2.26 bits per heavy atom. The van der Waals surface area contributed by atoms with Gasteiger partial charge in [-0.3, -0.25) is 4.79 Å². The fraction of sp³-hybridized carbons (Fsp3) is 0.231. The Bertz CT molecular complexity index is 630. The van der Waals surface area contributed by atoms with Crippen LogP contribution in [-0.2, 0) is 0 Å². The van der Waals surface area contributed by atoms with Gasteiger partial charge in [-0.25, -0.2) is 4.68 Å². The van der Waals surface area contributed by atoms with Gasteiger partial charge in [-0.15, -0.1) is 0 Å². The van der Waals surface area contributed by atoms with Gasteiger partial charge in [-0.05, 0) is 32.0 Å². The lowest BCUT2D eigenvalue weighted by molar-refractivity contribution is 0.0918. The van der Waals surface area contributed by atoms with Crippen molar-refractivity contribution in [3.63, 3.8) is 0 Å². The van der Waals surface area contributed by atoms with Gasteiger partial charge in [0.2, 0.25) is 5.91 Å². The van der Waals surface area contributed by atoms with Crippen LogP contribution in [0.4, 0.5) is 0 Å². The molecule has 0 radical (unpaired) electrons. The van der Waals surface area contributed by atoms with Crippen molar-refractivity contribution in [3.05, 3.63) is 39.6 Å². The van der Waals surface area contributed by atoms with E-state index in [9.17, 15) is 4.79 Å². The van der Waals surface area contributed by atoms with E-state index in [1.807, 2.05) is 0 Å². The molecule has 0 aliphatic carbocycles. The highest BCUT2D eigenvalue weighted by atomic mass is 35.5. The molecule has 2 rings (SSSR count). The first kappa shape index (κ1) is 13.9. The largest absolute Gasteiger partial charge is 0.453 e. The average Bonchev–Trinajstić information content (AvgIpc) is 2.56. The maximum Gasteiger partial charge on any atom is 0.244 e. The van der Waals surface area contributed by atoms with E-state index in [2.05, 4.69) is 5.10 Å². The van der Waals surface area contributed by atoms with Crippen molar-refractivity contribution in [2.24, 2.45) is 0 Å². The second kappa shape index (κ2) is 5.23. The number of nitrogens with zero attached hydrogens (tertiary/aromatic N) is 2. The zero-order valence-corrected chi connectivity index (χ0v) is 12.2. The third-order valence-electron chi connectivity index (χ3n) is 2.58. The molecule has 0 saturated heterocycles. The summed E-state index contributed by atoms with van der Waals surface area (Å²) in [5, 5.41) is 5.09. The van der Waals surface area contributed by atoms with Gasteiger partial charge in [0.25, 0.3) is 0 Å². The Kier molecular flexibility index (Phi) is 3.83. The van der Waals surface area contributed by atoms with Crippen LogP contribution in [0.1, 0.15) is 23.1 Å². The Morgan fingerprint density at radius 1 is 1.21 bits per heavy atom. The van der Waals surface area contributed by atoms with Crippen LogP contribution in [0.25, 0.3) is 0 Å². The standard InChI is InChI=1S/C13H12Cl2N2O2/c1-7-13(8(2)17(16-7)9(3)18)19-12-5-10(14)4-11(15)6-12/h4-6H,1-3H3. The van der Waals surface area contributed by atoms with E-state index in [1.165, 1.54) is 11.6 Å². The molecule has 0 bridgehead atoms. The minimum absolute atomic E-state index is 0.167. The molecule has 4 nitrogen and oxygen atoms in total. The SMILES string of the molecule is CC(=O)n1nc(C)c(Oc2cc(Cl)cc(Cl)c2)c1C. The molecule has 1 aromatic carbocycles. The Morgan fingerprint density at radius 2 is 1.79 bits per heavy atom. The monoisotopic (exact) mass is 298 g/mol. The van der Waals surface area contributed by atoms with E-state index in [4.69, 9.17) is 27.9 Å². The number of aryl methyl sites for hydroxylation is 1. The highest BCUT2D eigenvalue weighted by Gasteiger charge is 2.16. The first-order valence-electron chi connectivity index (χ1n) is 5.59. The molecule has 1 heterocycles. The Labute approximate surface area is 120 Å². The third-order valence-corrected chi connectivity index (χ3v) is 3.02. The first-order valence-corrected chi connectivity index (χ1v) is 6.35. The quantitative estimate of drug-likeness (QED) is 0.832. The number of hydrogen-bond donors (Lipinski definition) is 0. The number of ether oxygens (including phenoxy) is 1. The molecule has 2 aromatic rings. The summed E-state index contributed by atoms with van der Waals surface area (Å²) in [4.78, 5) is 11.4. The molecule has 0 aliphatic rings. The second-order valence-electron chi connectivity index (χ2n) is 4.14. The number of aromatic nitrogens is 2. The van der Waals surface area contributed by atoms with Crippen LogP contribution in [0, 0.1) is 13.8 Å². The summed E-state index contributed by atoms with van der Waals surface area (Å²) in [5.74, 6) is 0.875. The van der Waals surface area contributed by atoms with E-state index < -0.39 is 0 Å². The fourth-order valence-electron chi connectivity index (χ4n) is 1.79. The van der Waals surface area contributed by atoms with Gasteiger partial charge in [0.15, 0.2) is 5.75 Å². The number of carbonyl (C=O) groups is 1. The van der Waals surface area contributed by atoms with Crippen LogP contribution < -0.4 is 4.74 Å². The second-order valence-corrected chi connectivity index (χ2v) is 5.01. The summed E-state index contributed by atoms with van der Waals surface area (Å²) < 4.78 is 7.03. The van der Waals surface area contributed by atoms with Crippen molar-refractivity contribution in [2.45, 2.75) is 20.8 Å². The third kappa shape index (κ3) is 2.91. The van der Waals surface area contributed by atoms with E-state index >= 15 is 0 Å². The molecular weight excluding hydrogens is 287 g/mol. The minimum atomic E-state index is -0.167. The van der Waals surface area contributed by atoms with E-state index in [1.54, 1.807) is 32.0 Å². The average molecular weight is 299 g/mol.